The molecule has 1 aromatic carbocycles. The predicted molar refractivity (Wildman–Crippen MR) is 81.9 cm³/mol. The van der Waals surface area contributed by atoms with Gasteiger partial charge in [0.2, 0.25) is 0 Å². The smallest absolute Gasteiger partial charge is 0.331 e. The number of carbonyl (C=O) groups excluding carboxylic acids is 2. The summed E-state index contributed by atoms with van der Waals surface area (Å²) in [7, 11) is 1.30. The van der Waals surface area contributed by atoms with Crippen molar-refractivity contribution in [3.63, 3.8) is 0 Å². The van der Waals surface area contributed by atoms with Crippen molar-refractivity contribution in [1.82, 2.24) is 5.32 Å². The second-order valence-corrected chi connectivity index (χ2v) is 5.92. The minimum atomic E-state index is -1.04. The highest BCUT2D eigenvalue weighted by Gasteiger charge is 2.35. The first-order valence-corrected chi connectivity index (χ1v) is 7.37. The first kappa shape index (κ1) is 17.0. The molecule has 4 nitrogen and oxygen atoms in total. The normalized spacial score (nSPS) is 13.4. The maximum absolute atomic E-state index is 12.2. The number of benzene rings is 1. The Kier molecular flexibility index (Phi) is 6.02. The molecule has 0 saturated carbocycles. The second kappa shape index (κ2) is 7.09. The lowest BCUT2D eigenvalue weighted by atomic mass is 9.95. The zero-order valence-corrected chi connectivity index (χ0v) is 14.0. The van der Waals surface area contributed by atoms with Gasteiger partial charge in [-0.3, -0.25) is 4.79 Å². The fourth-order valence-electron chi connectivity index (χ4n) is 1.90. The summed E-state index contributed by atoms with van der Waals surface area (Å²) in [5, 5.41) is 3.16. The number of rotatable bonds is 5. The fourth-order valence-corrected chi connectivity index (χ4v) is 2.33. The van der Waals surface area contributed by atoms with Gasteiger partial charge in [-0.25, -0.2) is 4.79 Å². The molecule has 1 rings (SSSR count). The molecule has 110 valence electrons. The van der Waals surface area contributed by atoms with Crippen LogP contribution < -0.4 is 5.32 Å². The van der Waals surface area contributed by atoms with Crippen molar-refractivity contribution in [2.75, 3.05) is 7.11 Å². The highest BCUT2D eigenvalue weighted by Crippen LogP contribution is 2.24. The van der Waals surface area contributed by atoms with Gasteiger partial charge in [-0.15, -0.1) is 0 Å². The van der Waals surface area contributed by atoms with Crippen molar-refractivity contribution < 1.29 is 14.3 Å². The van der Waals surface area contributed by atoms with Gasteiger partial charge in [-0.05, 0) is 47.5 Å². The Morgan fingerprint density at radius 3 is 2.60 bits per heavy atom. The van der Waals surface area contributed by atoms with E-state index in [1.54, 1.807) is 25.1 Å². The predicted octanol–water partition coefficient (Wildman–Crippen LogP) is 3.56. The van der Waals surface area contributed by atoms with E-state index in [0.29, 0.717) is 21.5 Å². The topological polar surface area (TPSA) is 55.4 Å². The summed E-state index contributed by atoms with van der Waals surface area (Å²) < 4.78 is 5.47. The van der Waals surface area contributed by atoms with Crippen molar-refractivity contribution in [3.05, 3.63) is 33.3 Å². The van der Waals surface area contributed by atoms with E-state index in [2.05, 4.69) is 21.2 Å². The summed E-state index contributed by atoms with van der Waals surface area (Å²) in [6, 6.07) is 4.87. The van der Waals surface area contributed by atoms with E-state index in [-0.39, 0.29) is 5.91 Å². The number of nitrogens with one attached hydrogen (secondary N) is 1. The van der Waals surface area contributed by atoms with Gasteiger partial charge in [0, 0.05) is 10.0 Å². The molecule has 1 amide bonds. The number of amides is 1. The summed E-state index contributed by atoms with van der Waals surface area (Å²) >= 11 is 9.22. The van der Waals surface area contributed by atoms with E-state index in [0.717, 1.165) is 6.42 Å². The fraction of sp³-hybridized carbons (Fsp3) is 0.429. The van der Waals surface area contributed by atoms with Crippen LogP contribution in [0.15, 0.2) is 22.7 Å². The van der Waals surface area contributed by atoms with Crippen molar-refractivity contribution >= 4 is 39.4 Å². The van der Waals surface area contributed by atoms with Crippen LogP contribution in [0.4, 0.5) is 0 Å². The number of esters is 1. The number of ether oxygens (including phenoxy) is 1. The molecule has 1 atom stereocenters. The molecule has 20 heavy (non-hydrogen) atoms. The number of methoxy groups -OCH3 is 1. The Morgan fingerprint density at radius 1 is 1.45 bits per heavy atom. The highest BCUT2D eigenvalue weighted by molar-refractivity contribution is 9.10. The van der Waals surface area contributed by atoms with Crippen LogP contribution >= 0.6 is 27.5 Å². The highest BCUT2D eigenvalue weighted by atomic mass is 79.9. The maximum atomic E-state index is 12.2. The molecule has 0 heterocycles. The van der Waals surface area contributed by atoms with E-state index in [1.807, 2.05) is 6.92 Å². The summed E-state index contributed by atoms with van der Waals surface area (Å²) in [4.78, 5) is 24.1. The lowest BCUT2D eigenvalue weighted by Gasteiger charge is -2.27. The van der Waals surface area contributed by atoms with E-state index in [9.17, 15) is 9.59 Å². The van der Waals surface area contributed by atoms with Crippen LogP contribution in [0.5, 0.6) is 0 Å². The van der Waals surface area contributed by atoms with E-state index >= 15 is 0 Å². The Labute approximate surface area is 132 Å². The van der Waals surface area contributed by atoms with Gasteiger partial charge in [-0.2, -0.15) is 0 Å². The second-order valence-electron chi connectivity index (χ2n) is 4.66. The molecule has 1 aromatic rings. The molecule has 0 bridgehead atoms. The molecule has 0 saturated heterocycles. The zero-order chi connectivity index (χ0) is 15.3. The lowest BCUT2D eigenvalue weighted by Crippen LogP contribution is -2.52. The van der Waals surface area contributed by atoms with Crippen LogP contribution in [-0.4, -0.2) is 24.5 Å². The van der Waals surface area contributed by atoms with E-state index in [1.165, 1.54) is 7.11 Å². The Bertz CT molecular complexity index is 521. The molecule has 0 fully saturated rings. The van der Waals surface area contributed by atoms with Crippen molar-refractivity contribution in [2.45, 2.75) is 32.2 Å². The van der Waals surface area contributed by atoms with Crippen LogP contribution in [0.25, 0.3) is 0 Å². The van der Waals surface area contributed by atoms with Crippen LogP contribution in [0, 0.1) is 0 Å². The van der Waals surface area contributed by atoms with Gasteiger partial charge in [0.25, 0.3) is 5.91 Å². The maximum Gasteiger partial charge on any atom is 0.331 e. The van der Waals surface area contributed by atoms with Crippen LogP contribution in [0.2, 0.25) is 5.02 Å². The average Bonchev–Trinajstić information content (AvgIpc) is 2.40. The molecular formula is C14H17BrClNO3. The first-order valence-electron chi connectivity index (χ1n) is 6.20. The molecule has 0 aromatic heterocycles. The Morgan fingerprint density at radius 2 is 2.10 bits per heavy atom. The van der Waals surface area contributed by atoms with Gasteiger partial charge in [0.05, 0.1) is 12.1 Å². The minimum absolute atomic E-state index is 0.360. The molecule has 0 aliphatic heterocycles. The van der Waals surface area contributed by atoms with Crippen molar-refractivity contribution in [1.29, 1.82) is 0 Å². The average molecular weight is 363 g/mol. The molecule has 0 spiro atoms. The van der Waals surface area contributed by atoms with Crippen LogP contribution in [0.1, 0.15) is 37.0 Å². The summed E-state index contributed by atoms with van der Waals surface area (Å²) in [5.41, 5.74) is -0.649. The molecule has 1 N–H and O–H groups in total. The third-order valence-electron chi connectivity index (χ3n) is 2.96. The van der Waals surface area contributed by atoms with Gasteiger partial charge in [-0.1, -0.05) is 24.9 Å². The SMILES string of the molecule is CCCC(C)(NC(=O)c1ccc(Br)c(Cl)c1)C(=O)OC. The van der Waals surface area contributed by atoms with E-state index in [4.69, 9.17) is 16.3 Å². The summed E-state index contributed by atoms with van der Waals surface area (Å²) in [6.45, 7) is 3.59. The minimum Gasteiger partial charge on any atom is -0.467 e. The van der Waals surface area contributed by atoms with Crippen LogP contribution in [0.3, 0.4) is 0 Å². The van der Waals surface area contributed by atoms with Crippen LogP contribution in [-0.2, 0) is 9.53 Å². The third kappa shape index (κ3) is 3.96. The lowest BCUT2D eigenvalue weighted by molar-refractivity contribution is -0.147. The summed E-state index contributed by atoms with van der Waals surface area (Å²) in [6.07, 6.45) is 1.24. The monoisotopic (exact) mass is 361 g/mol. The van der Waals surface area contributed by atoms with Crippen molar-refractivity contribution in [3.8, 4) is 0 Å². The molecule has 0 aliphatic carbocycles. The number of hydrogen-bond acceptors (Lipinski definition) is 3. The molecule has 0 aliphatic rings. The van der Waals surface area contributed by atoms with Gasteiger partial charge in [0.1, 0.15) is 5.54 Å². The van der Waals surface area contributed by atoms with Gasteiger partial charge < -0.3 is 10.1 Å². The standard InChI is InChI=1S/C14H17BrClNO3/c1-4-7-14(2,13(19)20-3)17-12(18)9-5-6-10(15)11(16)8-9/h5-6,8H,4,7H2,1-3H3,(H,17,18). The van der Waals surface area contributed by atoms with E-state index < -0.39 is 11.5 Å². The quantitative estimate of drug-likeness (QED) is 0.815. The zero-order valence-electron chi connectivity index (χ0n) is 11.6. The number of halogens is 2. The largest absolute Gasteiger partial charge is 0.467 e. The molecular weight excluding hydrogens is 346 g/mol. The third-order valence-corrected chi connectivity index (χ3v) is 4.19. The number of hydrogen-bond donors (Lipinski definition) is 1. The first-order chi connectivity index (χ1) is 9.34. The molecule has 0 radical (unpaired) electrons. The van der Waals surface area contributed by atoms with Crippen molar-refractivity contribution in [2.24, 2.45) is 0 Å². The number of carbonyl (C=O) groups is 2. The van der Waals surface area contributed by atoms with Gasteiger partial charge >= 0.3 is 5.97 Å². The Balaban J connectivity index is 2.96. The Hall–Kier alpha value is -1.07. The molecule has 6 heteroatoms. The summed E-state index contributed by atoms with van der Waals surface area (Å²) in [5.74, 6) is -0.823. The van der Waals surface area contributed by atoms with Gasteiger partial charge in [0.15, 0.2) is 0 Å². The molecule has 1 unspecified atom stereocenters.